The van der Waals surface area contributed by atoms with Gasteiger partial charge in [0.05, 0.1) is 36.2 Å². The molecule has 1 fully saturated rings. The van der Waals surface area contributed by atoms with Crippen LogP contribution in [-0.2, 0) is 20.8 Å². The van der Waals surface area contributed by atoms with Crippen molar-refractivity contribution in [1.29, 1.82) is 0 Å². The number of thiazole rings is 1. The molecule has 150 valence electrons. The molecule has 2 aliphatic rings. The van der Waals surface area contributed by atoms with Gasteiger partial charge in [0.1, 0.15) is 0 Å². The molecule has 1 saturated heterocycles. The van der Waals surface area contributed by atoms with Crippen LogP contribution >= 0.6 is 11.3 Å². The number of aromatic nitrogens is 1. The minimum atomic E-state index is -1.41. The summed E-state index contributed by atoms with van der Waals surface area (Å²) < 4.78 is 0. The predicted octanol–water partition coefficient (Wildman–Crippen LogP) is -2.60. The third-order valence-electron chi connectivity index (χ3n) is 5.27. The van der Waals surface area contributed by atoms with E-state index >= 15 is 0 Å². The van der Waals surface area contributed by atoms with Crippen LogP contribution in [0.2, 0.25) is 0 Å². The van der Waals surface area contributed by atoms with Gasteiger partial charge in [-0.05, 0) is 30.0 Å². The zero-order valence-corrected chi connectivity index (χ0v) is 19.3. The Balaban J connectivity index is 0.00000256. The summed E-state index contributed by atoms with van der Waals surface area (Å²) in [6.45, 7) is 1.53. The van der Waals surface area contributed by atoms with Gasteiger partial charge in [0.15, 0.2) is 5.13 Å². The fraction of sp³-hybridized carbons (Fsp3) is 0.300. The number of carboxylic acid groups (broad SMARTS) is 1. The van der Waals surface area contributed by atoms with E-state index in [4.69, 9.17) is 0 Å². The maximum absolute atomic E-state index is 12.3. The van der Waals surface area contributed by atoms with Crippen molar-refractivity contribution in [2.24, 2.45) is 5.92 Å². The van der Waals surface area contributed by atoms with Gasteiger partial charge < -0.3 is 25.2 Å². The number of aliphatic hydroxyl groups is 1. The number of aliphatic hydroxyl groups excluding tert-OH is 1. The van der Waals surface area contributed by atoms with Crippen molar-refractivity contribution in [2.75, 3.05) is 5.32 Å². The maximum atomic E-state index is 12.3. The number of amides is 2. The van der Waals surface area contributed by atoms with Gasteiger partial charge >= 0.3 is 29.6 Å². The number of fused-ring (bicyclic) bond motifs is 1. The van der Waals surface area contributed by atoms with Crippen molar-refractivity contribution in [1.82, 2.24) is 9.88 Å². The van der Waals surface area contributed by atoms with Gasteiger partial charge in [0.2, 0.25) is 11.8 Å². The van der Waals surface area contributed by atoms with E-state index in [0.717, 1.165) is 5.56 Å². The van der Waals surface area contributed by atoms with Crippen molar-refractivity contribution in [3.8, 4) is 0 Å². The van der Waals surface area contributed by atoms with Gasteiger partial charge in [-0.2, -0.15) is 0 Å². The maximum Gasteiger partial charge on any atom is 1.00 e. The second kappa shape index (κ2) is 8.99. The summed E-state index contributed by atoms with van der Waals surface area (Å²) >= 11 is 1.33. The number of anilines is 1. The number of β-lactam (4-membered cyclic amide) rings is 1. The Kier molecular flexibility index (Phi) is 6.78. The Morgan fingerprint density at radius 3 is 2.63 bits per heavy atom. The molecule has 2 aromatic rings. The summed E-state index contributed by atoms with van der Waals surface area (Å²) in [6.07, 6.45) is 1.26. The Bertz CT molecular complexity index is 1000. The second-order valence-electron chi connectivity index (χ2n) is 7.12. The number of benzene rings is 1. The number of aliphatic carboxylic acids is 1. The second-order valence-corrected chi connectivity index (χ2v) is 8.01. The van der Waals surface area contributed by atoms with E-state index in [1.165, 1.54) is 23.2 Å². The third kappa shape index (κ3) is 4.08. The van der Waals surface area contributed by atoms with Crippen LogP contribution in [0.1, 0.15) is 24.5 Å². The zero-order valence-electron chi connectivity index (χ0n) is 16.5. The van der Waals surface area contributed by atoms with Gasteiger partial charge in [0, 0.05) is 11.6 Å². The first-order valence-corrected chi connectivity index (χ1v) is 9.99. The number of carboxylic acids is 1. The number of nitrogens with one attached hydrogen (secondary N) is 1. The molecule has 0 radical (unpaired) electrons. The summed E-state index contributed by atoms with van der Waals surface area (Å²) in [7, 11) is 0. The molecule has 0 bridgehead atoms. The monoisotopic (exact) mass is 435 g/mol. The summed E-state index contributed by atoms with van der Waals surface area (Å²) in [5.74, 6) is -2.60. The van der Waals surface area contributed by atoms with E-state index in [0.29, 0.717) is 22.7 Å². The molecule has 1 aromatic heterocycles. The number of hydrogen-bond donors (Lipinski definition) is 2. The van der Waals surface area contributed by atoms with E-state index < -0.39 is 23.9 Å². The van der Waals surface area contributed by atoms with Crippen LogP contribution in [0.25, 0.3) is 5.57 Å². The van der Waals surface area contributed by atoms with Gasteiger partial charge in [0.25, 0.3) is 0 Å². The average Bonchev–Trinajstić information content (AvgIpc) is 3.27. The van der Waals surface area contributed by atoms with Crippen LogP contribution in [0.15, 0.2) is 41.5 Å². The van der Waals surface area contributed by atoms with Crippen LogP contribution in [0.5, 0.6) is 0 Å². The summed E-state index contributed by atoms with van der Waals surface area (Å²) in [5.41, 5.74) is 1.79. The predicted molar refractivity (Wildman–Crippen MR) is 103 cm³/mol. The number of nitrogens with zero attached hydrogens (tertiary/aromatic N) is 2. The molecule has 2 aliphatic heterocycles. The molecule has 3 atom stereocenters. The molecule has 2 N–H and O–H groups in total. The Labute approximate surface area is 198 Å². The van der Waals surface area contributed by atoms with Crippen LogP contribution in [0.3, 0.4) is 0 Å². The van der Waals surface area contributed by atoms with Gasteiger partial charge in [-0.3, -0.25) is 9.59 Å². The average molecular weight is 435 g/mol. The molecule has 3 heterocycles. The molecule has 8 nitrogen and oxygen atoms in total. The molecule has 4 rings (SSSR count). The molecule has 0 saturated carbocycles. The third-order valence-corrected chi connectivity index (χ3v) is 5.96. The number of rotatable bonds is 6. The fourth-order valence-corrected chi connectivity index (χ4v) is 4.52. The molecule has 2 amide bonds. The van der Waals surface area contributed by atoms with Crippen LogP contribution in [0, 0.1) is 5.92 Å². The van der Waals surface area contributed by atoms with E-state index in [-0.39, 0.29) is 53.6 Å². The molecule has 30 heavy (non-hydrogen) atoms. The van der Waals surface area contributed by atoms with Crippen molar-refractivity contribution in [3.63, 3.8) is 0 Å². The first kappa shape index (κ1) is 22.6. The van der Waals surface area contributed by atoms with Crippen molar-refractivity contribution in [3.05, 3.63) is 52.7 Å². The SMILES string of the molecule is C[C@@H](O)[C@@H]1C(=O)N2C(C(=O)[O-])=C(c3ccc(CC(=O)Nc4nccs4)cc3)C[C@H]12.[Na+]. The Morgan fingerprint density at radius 2 is 2.07 bits per heavy atom. The minimum absolute atomic E-state index is 0. The van der Waals surface area contributed by atoms with Crippen molar-refractivity contribution < 1.29 is 54.2 Å². The molecule has 0 spiro atoms. The van der Waals surface area contributed by atoms with Gasteiger partial charge in [-0.25, -0.2) is 4.98 Å². The largest absolute Gasteiger partial charge is 1.00 e. The van der Waals surface area contributed by atoms with E-state index in [1.54, 1.807) is 35.8 Å². The van der Waals surface area contributed by atoms with Crippen molar-refractivity contribution in [2.45, 2.75) is 31.9 Å². The number of carbonyl (C=O) groups excluding carboxylic acids is 3. The summed E-state index contributed by atoms with van der Waals surface area (Å²) in [5, 5.41) is 26.5. The first-order chi connectivity index (χ1) is 13.9. The van der Waals surface area contributed by atoms with Crippen LogP contribution in [-0.4, -0.2) is 44.9 Å². The molecular formula is C20H18N3NaO5S. The fourth-order valence-electron chi connectivity index (χ4n) is 3.97. The quantitative estimate of drug-likeness (QED) is 0.379. The smallest absolute Gasteiger partial charge is 0.543 e. The minimum Gasteiger partial charge on any atom is -0.543 e. The van der Waals surface area contributed by atoms with Crippen molar-refractivity contribution >= 4 is 39.8 Å². The molecule has 0 unspecified atom stereocenters. The topological polar surface area (TPSA) is 123 Å². The van der Waals surface area contributed by atoms with Crippen LogP contribution < -0.4 is 40.0 Å². The van der Waals surface area contributed by atoms with E-state index in [2.05, 4.69) is 10.3 Å². The molecule has 0 aliphatic carbocycles. The van der Waals surface area contributed by atoms with Crippen LogP contribution in [0.4, 0.5) is 5.13 Å². The molecule has 10 heteroatoms. The molecular weight excluding hydrogens is 417 g/mol. The Morgan fingerprint density at radius 1 is 1.37 bits per heavy atom. The van der Waals surface area contributed by atoms with Gasteiger partial charge in [-0.1, -0.05) is 24.3 Å². The van der Waals surface area contributed by atoms with E-state index in [9.17, 15) is 24.6 Å². The summed E-state index contributed by atoms with van der Waals surface area (Å²) in [4.78, 5) is 41.3. The number of hydrogen-bond acceptors (Lipinski definition) is 7. The first-order valence-electron chi connectivity index (χ1n) is 9.11. The zero-order chi connectivity index (χ0) is 20.7. The van der Waals surface area contributed by atoms with E-state index in [1.807, 2.05) is 0 Å². The standard InChI is InChI=1S/C20H19N3O5S.Na/c1-10(24)16-14-9-13(17(19(27)28)23(14)18(16)26)12-4-2-11(3-5-12)8-15(25)22-20-21-6-7-29-20;/h2-7,10,14,16,24H,8-9H2,1H3,(H,27,28)(H,21,22,25);/q;+1/p-1/t10-,14-,16+;/m1./s1. The van der Waals surface area contributed by atoms with Gasteiger partial charge in [-0.15, -0.1) is 11.3 Å². The summed E-state index contributed by atoms with van der Waals surface area (Å²) in [6, 6.07) is 6.60. The number of carbonyl (C=O) groups is 3. The Hall–Kier alpha value is -2.04. The molecule has 1 aromatic carbocycles. The normalized spacial score (nSPS) is 20.9.